The number of nitro benzene ring substituents is 1. The Morgan fingerprint density at radius 1 is 1.32 bits per heavy atom. The second-order valence-electron chi connectivity index (χ2n) is 3.21. The van der Waals surface area contributed by atoms with E-state index < -0.39 is 11.1 Å². The van der Waals surface area contributed by atoms with E-state index in [2.05, 4.69) is 9.03 Å². The van der Waals surface area contributed by atoms with Gasteiger partial charge < -0.3 is 18.5 Å². The Bertz CT molecular complexity index is 491. The van der Waals surface area contributed by atoms with Crippen LogP contribution in [0.5, 0.6) is 11.5 Å². The first-order valence-corrected chi connectivity index (χ1v) is 5.19. The molecule has 0 aliphatic heterocycles. The molecule has 1 aromatic carbocycles. The third-order valence-corrected chi connectivity index (χ3v) is 2.32. The van der Waals surface area contributed by atoms with Gasteiger partial charge in [-0.25, -0.2) is 4.79 Å². The quantitative estimate of drug-likeness (QED) is 0.467. The number of methoxy groups -OCH3 is 2. The molecule has 0 spiro atoms. The van der Waals surface area contributed by atoms with Gasteiger partial charge in [0.15, 0.2) is 11.5 Å². The third-order valence-electron chi connectivity index (χ3n) is 2.19. The minimum atomic E-state index is -1.16. The van der Waals surface area contributed by atoms with Crippen molar-refractivity contribution in [3.8, 4) is 11.5 Å². The maximum absolute atomic E-state index is 10.9. The number of ether oxygens (including phenoxy) is 3. The average molecular weight is 292 g/mol. The third kappa shape index (κ3) is 3.62. The number of rotatable bonds is 5. The van der Waals surface area contributed by atoms with Gasteiger partial charge in [-0.05, 0) is 6.07 Å². The van der Waals surface area contributed by atoms with Crippen LogP contribution in [0, 0.1) is 10.1 Å². The molecule has 0 saturated heterocycles. The summed E-state index contributed by atoms with van der Waals surface area (Å²) in [5, 5.41) is 10.9. The molecule has 0 atom stereocenters. The fourth-order valence-corrected chi connectivity index (χ4v) is 1.40. The zero-order valence-electron chi connectivity index (χ0n) is 10.0. The van der Waals surface area contributed by atoms with Crippen molar-refractivity contribution in [1.82, 2.24) is 0 Å². The van der Waals surface area contributed by atoms with Gasteiger partial charge in [0.05, 0.1) is 30.8 Å². The van der Waals surface area contributed by atoms with Gasteiger partial charge in [0.2, 0.25) is 0 Å². The summed E-state index contributed by atoms with van der Waals surface area (Å²) in [6.45, 7) is -0.387. The molecule has 104 valence electrons. The Hall–Kier alpha value is -2.22. The van der Waals surface area contributed by atoms with Crippen LogP contribution in [-0.4, -0.2) is 25.3 Å². The van der Waals surface area contributed by atoms with E-state index in [1.165, 1.54) is 26.4 Å². The van der Waals surface area contributed by atoms with Crippen LogP contribution in [0.4, 0.5) is 10.5 Å². The minimum Gasteiger partial charge on any atom is -0.493 e. The monoisotopic (exact) mass is 291 g/mol. The fourth-order valence-electron chi connectivity index (χ4n) is 1.35. The van der Waals surface area contributed by atoms with E-state index in [0.717, 1.165) is 0 Å². The topological polar surface area (TPSA) is 97.1 Å². The van der Waals surface area contributed by atoms with Crippen molar-refractivity contribution in [2.24, 2.45) is 0 Å². The summed E-state index contributed by atoms with van der Waals surface area (Å²) in [7, 11) is 2.73. The summed E-state index contributed by atoms with van der Waals surface area (Å²) < 4.78 is 18.3. The average Bonchev–Trinajstić information content (AvgIpc) is 2.43. The Morgan fingerprint density at radius 3 is 2.37 bits per heavy atom. The number of carbonyl (C=O) groups excluding carboxylic acids is 1. The van der Waals surface area contributed by atoms with Gasteiger partial charge >= 0.3 is 6.16 Å². The van der Waals surface area contributed by atoms with E-state index >= 15 is 0 Å². The molecular weight excluding hydrogens is 282 g/mol. The number of nitrogens with zero attached hydrogens (tertiary/aromatic N) is 1. The van der Waals surface area contributed by atoms with Crippen LogP contribution in [0.3, 0.4) is 0 Å². The van der Waals surface area contributed by atoms with Crippen LogP contribution in [-0.2, 0) is 15.6 Å². The SMILES string of the molecule is COc1cc(COC(=O)OCl)c([N+](=O)[O-])cc1OC. The Labute approximate surface area is 113 Å². The number of nitro groups is 1. The molecule has 0 aromatic heterocycles. The number of hydrogen-bond acceptors (Lipinski definition) is 7. The maximum Gasteiger partial charge on any atom is 0.527 e. The molecule has 0 radical (unpaired) electrons. The first-order chi connectivity index (χ1) is 9.03. The molecule has 0 N–H and O–H groups in total. The zero-order chi connectivity index (χ0) is 14.4. The van der Waals surface area contributed by atoms with Crippen LogP contribution in [0.1, 0.15) is 5.56 Å². The predicted molar refractivity (Wildman–Crippen MR) is 63.3 cm³/mol. The van der Waals surface area contributed by atoms with Gasteiger partial charge in [-0.1, -0.05) is 0 Å². The molecule has 0 amide bonds. The molecule has 0 bridgehead atoms. The normalized spacial score (nSPS) is 9.63. The summed E-state index contributed by atoms with van der Waals surface area (Å²) in [5.41, 5.74) is -0.162. The highest BCUT2D eigenvalue weighted by molar-refractivity contribution is 6.12. The van der Waals surface area contributed by atoms with Crippen LogP contribution in [0.25, 0.3) is 0 Å². The lowest BCUT2D eigenvalue weighted by Gasteiger charge is -2.10. The van der Waals surface area contributed by atoms with Gasteiger partial charge in [0.1, 0.15) is 18.5 Å². The molecule has 9 heteroatoms. The van der Waals surface area contributed by atoms with Crippen molar-refractivity contribution >= 4 is 23.7 Å². The standard InChI is InChI=1S/C10H10ClNO7/c1-16-8-3-6(5-18-10(13)19-11)7(12(14)15)4-9(8)17-2/h3-4H,5H2,1-2H3. The molecule has 0 aliphatic carbocycles. The molecule has 0 saturated carbocycles. The first-order valence-electron chi connectivity index (χ1n) is 4.88. The highest BCUT2D eigenvalue weighted by Gasteiger charge is 2.20. The van der Waals surface area contributed by atoms with E-state index in [1.54, 1.807) is 0 Å². The summed E-state index contributed by atoms with van der Waals surface area (Å²) in [6, 6.07) is 2.50. The lowest BCUT2D eigenvalue weighted by molar-refractivity contribution is -0.385. The van der Waals surface area contributed by atoms with Gasteiger partial charge in [0, 0.05) is 0 Å². The van der Waals surface area contributed by atoms with Gasteiger partial charge in [0.25, 0.3) is 5.69 Å². The van der Waals surface area contributed by atoms with Crippen molar-refractivity contribution in [3.63, 3.8) is 0 Å². The van der Waals surface area contributed by atoms with E-state index in [-0.39, 0.29) is 29.4 Å². The van der Waals surface area contributed by atoms with E-state index in [1.807, 2.05) is 0 Å². The lowest BCUT2D eigenvalue weighted by Crippen LogP contribution is -2.05. The summed E-state index contributed by atoms with van der Waals surface area (Å²) in [4.78, 5) is 21.0. The number of carbonyl (C=O) groups is 1. The van der Waals surface area contributed by atoms with Crippen molar-refractivity contribution in [2.75, 3.05) is 14.2 Å². The predicted octanol–water partition coefficient (Wildman–Crippen LogP) is 2.42. The molecule has 0 heterocycles. The Kier molecular flexibility index (Phi) is 5.19. The van der Waals surface area contributed by atoms with Crippen LogP contribution in [0.15, 0.2) is 12.1 Å². The summed E-state index contributed by atoms with van der Waals surface area (Å²) in [6.07, 6.45) is -1.16. The van der Waals surface area contributed by atoms with Crippen molar-refractivity contribution < 1.29 is 28.2 Å². The van der Waals surface area contributed by atoms with E-state index in [4.69, 9.17) is 21.3 Å². The van der Waals surface area contributed by atoms with Crippen molar-refractivity contribution in [3.05, 3.63) is 27.8 Å². The van der Waals surface area contributed by atoms with Crippen LogP contribution < -0.4 is 9.47 Å². The highest BCUT2D eigenvalue weighted by atomic mass is 35.5. The molecule has 1 rings (SSSR count). The van der Waals surface area contributed by atoms with Crippen LogP contribution in [0.2, 0.25) is 0 Å². The maximum atomic E-state index is 10.9. The number of benzene rings is 1. The van der Waals surface area contributed by atoms with E-state index in [9.17, 15) is 14.9 Å². The largest absolute Gasteiger partial charge is 0.527 e. The second-order valence-corrected chi connectivity index (χ2v) is 3.36. The van der Waals surface area contributed by atoms with Gasteiger partial charge in [-0.2, -0.15) is 0 Å². The number of hydrogen-bond donors (Lipinski definition) is 0. The van der Waals surface area contributed by atoms with Gasteiger partial charge in [-0.15, -0.1) is 0 Å². The lowest BCUT2D eigenvalue weighted by atomic mass is 10.1. The molecule has 0 fully saturated rings. The smallest absolute Gasteiger partial charge is 0.493 e. The molecular formula is C10H10ClNO7. The molecule has 1 aromatic rings. The zero-order valence-corrected chi connectivity index (χ0v) is 10.8. The Morgan fingerprint density at radius 2 is 1.89 bits per heavy atom. The molecule has 0 unspecified atom stereocenters. The summed E-state index contributed by atoms with van der Waals surface area (Å²) >= 11 is 4.77. The highest BCUT2D eigenvalue weighted by Crippen LogP contribution is 2.34. The molecule has 0 aliphatic rings. The number of halogens is 1. The van der Waals surface area contributed by atoms with Gasteiger partial charge in [-0.3, -0.25) is 10.1 Å². The molecule has 8 nitrogen and oxygen atoms in total. The van der Waals surface area contributed by atoms with Crippen LogP contribution >= 0.6 is 11.9 Å². The Balaban J connectivity index is 3.12. The second kappa shape index (κ2) is 6.64. The first kappa shape index (κ1) is 14.8. The van der Waals surface area contributed by atoms with E-state index in [0.29, 0.717) is 0 Å². The van der Waals surface area contributed by atoms with Crippen molar-refractivity contribution in [1.29, 1.82) is 0 Å². The summed E-state index contributed by atoms with van der Waals surface area (Å²) in [5.74, 6) is 0.462. The fraction of sp³-hybridized carbons (Fsp3) is 0.300. The minimum absolute atomic E-state index is 0.115. The molecule has 19 heavy (non-hydrogen) atoms. The van der Waals surface area contributed by atoms with Crippen molar-refractivity contribution in [2.45, 2.75) is 6.61 Å².